The molecule has 3 nitrogen and oxygen atoms in total. The minimum Gasteiger partial charge on any atom is -0.322 e. The molecule has 0 saturated heterocycles. The van der Waals surface area contributed by atoms with Gasteiger partial charge in [0.2, 0.25) is 5.91 Å². The Labute approximate surface area is 102 Å². The Morgan fingerprint density at radius 2 is 2.31 bits per heavy atom. The van der Waals surface area contributed by atoms with E-state index < -0.39 is 11.9 Å². The van der Waals surface area contributed by atoms with Crippen molar-refractivity contribution in [2.75, 3.05) is 5.32 Å². The van der Waals surface area contributed by atoms with Gasteiger partial charge in [0.1, 0.15) is 5.82 Å². The Morgan fingerprint density at radius 1 is 1.62 bits per heavy atom. The maximum Gasteiger partial charge on any atom is 0.241 e. The Hall–Kier alpha value is -0.940. The van der Waals surface area contributed by atoms with Crippen LogP contribution in [-0.2, 0) is 4.79 Å². The summed E-state index contributed by atoms with van der Waals surface area (Å²) in [5.41, 5.74) is 5.76. The fraction of sp³-hybridized carbons (Fsp3) is 0.364. The largest absolute Gasteiger partial charge is 0.322 e. The average Bonchev–Trinajstić information content (AvgIpc) is 2.22. The number of anilines is 1. The molecule has 0 fully saturated rings. The summed E-state index contributed by atoms with van der Waals surface area (Å²) >= 11 is 3.14. The molecular weight excluding hydrogens is 275 g/mol. The van der Waals surface area contributed by atoms with Crippen molar-refractivity contribution in [1.82, 2.24) is 0 Å². The number of rotatable bonds is 4. The van der Waals surface area contributed by atoms with E-state index in [0.29, 0.717) is 10.9 Å². The maximum atomic E-state index is 13.4. The van der Waals surface area contributed by atoms with Crippen LogP contribution in [0.2, 0.25) is 0 Å². The van der Waals surface area contributed by atoms with E-state index in [-0.39, 0.29) is 11.6 Å². The molecule has 3 N–H and O–H groups in total. The monoisotopic (exact) mass is 288 g/mol. The molecule has 88 valence electrons. The predicted molar refractivity (Wildman–Crippen MR) is 65.6 cm³/mol. The second kappa shape index (κ2) is 5.96. The number of amides is 1. The van der Waals surface area contributed by atoms with E-state index >= 15 is 0 Å². The summed E-state index contributed by atoms with van der Waals surface area (Å²) in [5, 5.41) is 2.46. The van der Waals surface area contributed by atoms with Crippen LogP contribution in [0, 0.1) is 5.82 Å². The molecule has 0 aliphatic rings. The number of carbonyl (C=O) groups is 1. The predicted octanol–water partition coefficient (Wildman–Crippen LogP) is 2.65. The normalized spacial score (nSPS) is 12.2. The third kappa shape index (κ3) is 3.57. The molecule has 0 spiro atoms. The highest BCUT2D eigenvalue weighted by atomic mass is 79.9. The van der Waals surface area contributed by atoms with Gasteiger partial charge in [0.05, 0.1) is 11.7 Å². The maximum absolute atomic E-state index is 13.4. The SMILES string of the molecule is CCCC(N)C(=O)Nc1ccc(Br)cc1F. The van der Waals surface area contributed by atoms with Crippen LogP contribution >= 0.6 is 15.9 Å². The number of benzene rings is 1. The molecule has 0 aromatic heterocycles. The first-order valence-electron chi connectivity index (χ1n) is 5.06. The summed E-state index contributed by atoms with van der Waals surface area (Å²) in [6.07, 6.45) is 1.40. The fourth-order valence-electron chi connectivity index (χ4n) is 1.26. The number of carbonyl (C=O) groups excluding carboxylic acids is 1. The molecule has 5 heteroatoms. The molecule has 0 aliphatic heterocycles. The van der Waals surface area contributed by atoms with Crippen LogP contribution in [-0.4, -0.2) is 11.9 Å². The molecule has 0 heterocycles. The lowest BCUT2D eigenvalue weighted by atomic mass is 10.1. The van der Waals surface area contributed by atoms with E-state index in [1.54, 1.807) is 6.07 Å². The van der Waals surface area contributed by atoms with Crippen LogP contribution < -0.4 is 11.1 Å². The number of hydrogen-bond acceptors (Lipinski definition) is 2. The van der Waals surface area contributed by atoms with Crippen molar-refractivity contribution >= 4 is 27.5 Å². The second-order valence-corrected chi connectivity index (χ2v) is 4.42. The van der Waals surface area contributed by atoms with E-state index in [1.165, 1.54) is 12.1 Å². The zero-order valence-electron chi connectivity index (χ0n) is 8.97. The molecule has 16 heavy (non-hydrogen) atoms. The molecule has 0 bridgehead atoms. The van der Waals surface area contributed by atoms with Crippen LogP contribution in [0.4, 0.5) is 10.1 Å². The van der Waals surface area contributed by atoms with Crippen molar-refractivity contribution in [3.63, 3.8) is 0 Å². The van der Waals surface area contributed by atoms with E-state index in [0.717, 1.165) is 6.42 Å². The lowest BCUT2D eigenvalue weighted by Crippen LogP contribution is -2.35. The van der Waals surface area contributed by atoms with Crippen LogP contribution in [0.1, 0.15) is 19.8 Å². The van der Waals surface area contributed by atoms with Gasteiger partial charge in [-0.05, 0) is 24.6 Å². The van der Waals surface area contributed by atoms with E-state index in [2.05, 4.69) is 21.2 Å². The highest BCUT2D eigenvalue weighted by Gasteiger charge is 2.14. The number of nitrogens with two attached hydrogens (primary N) is 1. The highest BCUT2D eigenvalue weighted by molar-refractivity contribution is 9.10. The Balaban J connectivity index is 2.69. The van der Waals surface area contributed by atoms with Gasteiger partial charge in [-0.3, -0.25) is 4.79 Å². The molecule has 0 aliphatic carbocycles. The molecule has 1 atom stereocenters. The zero-order chi connectivity index (χ0) is 12.1. The van der Waals surface area contributed by atoms with Gasteiger partial charge < -0.3 is 11.1 Å². The topological polar surface area (TPSA) is 55.1 Å². The summed E-state index contributed by atoms with van der Waals surface area (Å²) in [6, 6.07) is 3.86. The first-order valence-corrected chi connectivity index (χ1v) is 5.85. The van der Waals surface area contributed by atoms with Crippen molar-refractivity contribution in [3.8, 4) is 0 Å². The third-order valence-corrected chi connectivity index (χ3v) is 2.62. The number of halogens is 2. The summed E-state index contributed by atoms with van der Waals surface area (Å²) in [5.74, 6) is -0.838. The van der Waals surface area contributed by atoms with Gasteiger partial charge in [0.25, 0.3) is 0 Å². The van der Waals surface area contributed by atoms with Crippen LogP contribution in [0.15, 0.2) is 22.7 Å². The van der Waals surface area contributed by atoms with Crippen molar-refractivity contribution in [2.45, 2.75) is 25.8 Å². The van der Waals surface area contributed by atoms with Gasteiger partial charge in [-0.15, -0.1) is 0 Å². The van der Waals surface area contributed by atoms with Gasteiger partial charge in [-0.25, -0.2) is 4.39 Å². The van der Waals surface area contributed by atoms with Crippen molar-refractivity contribution < 1.29 is 9.18 Å². The van der Waals surface area contributed by atoms with E-state index in [1.807, 2.05) is 6.92 Å². The Morgan fingerprint density at radius 3 is 2.88 bits per heavy atom. The fourth-order valence-corrected chi connectivity index (χ4v) is 1.59. The van der Waals surface area contributed by atoms with E-state index in [9.17, 15) is 9.18 Å². The quantitative estimate of drug-likeness (QED) is 0.895. The van der Waals surface area contributed by atoms with Gasteiger partial charge in [-0.2, -0.15) is 0 Å². The molecule has 0 radical (unpaired) electrons. The van der Waals surface area contributed by atoms with Gasteiger partial charge in [-0.1, -0.05) is 29.3 Å². The molecular formula is C11H14BrFN2O. The van der Waals surface area contributed by atoms with Crippen LogP contribution in [0.25, 0.3) is 0 Å². The van der Waals surface area contributed by atoms with Crippen molar-refractivity contribution in [1.29, 1.82) is 0 Å². The molecule has 1 rings (SSSR count). The van der Waals surface area contributed by atoms with Gasteiger partial charge >= 0.3 is 0 Å². The Kier molecular flexibility index (Phi) is 4.89. The second-order valence-electron chi connectivity index (χ2n) is 3.51. The molecule has 1 unspecified atom stereocenters. The van der Waals surface area contributed by atoms with E-state index in [4.69, 9.17) is 5.73 Å². The van der Waals surface area contributed by atoms with Crippen LogP contribution in [0.5, 0.6) is 0 Å². The van der Waals surface area contributed by atoms with Crippen LogP contribution in [0.3, 0.4) is 0 Å². The number of nitrogens with one attached hydrogen (secondary N) is 1. The van der Waals surface area contributed by atoms with Gasteiger partial charge in [0, 0.05) is 4.47 Å². The first kappa shape index (κ1) is 13.1. The van der Waals surface area contributed by atoms with Gasteiger partial charge in [0.15, 0.2) is 0 Å². The standard InChI is InChI=1S/C11H14BrFN2O/c1-2-3-9(14)11(16)15-10-5-4-7(12)6-8(10)13/h4-6,9H,2-3,14H2,1H3,(H,15,16). The minimum absolute atomic E-state index is 0.153. The lowest BCUT2D eigenvalue weighted by Gasteiger charge is -2.11. The minimum atomic E-state index is -0.590. The smallest absolute Gasteiger partial charge is 0.241 e. The molecule has 1 amide bonds. The Bertz CT molecular complexity index is 384. The summed E-state index contributed by atoms with van der Waals surface area (Å²) < 4.78 is 14.0. The zero-order valence-corrected chi connectivity index (χ0v) is 10.6. The summed E-state index contributed by atoms with van der Waals surface area (Å²) in [7, 11) is 0. The molecule has 1 aromatic rings. The molecule has 0 saturated carbocycles. The highest BCUT2D eigenvalue weighted by Crippen LogP contribution is 2.19. The summed E-state index contributed by atoms with van der Waals surface area (Å²) in [4.78, 5) is 11.5. The number of hydrogen-bond donors (Lipinski definition) is 2. The molecule has 1 aromatic carbocycles. The van der Waals surface area contributed by atoms with Crippen molar-refractivity contribution in [3.05, 3.63) is 28.5 Å². The average molecular weight is 289 g/mol. The summed E-state index contributed by atoms with van der Waals surface area (Å²) in [6.45, 7) is 1.94. The lowest BCUT2D eigenvalue weighted by molar-refractivity contribution is -0.117. The first-order chi connectivity index (χ1) is 7.54. The van der Waals surface area contributed by atoms with Crippen molar-refractivity contribution in [2.24, 2.45) is 5.73 Å². The third-order valence-electron chi connectivity index (χ3n) is 2.13.